The van der Waals surface area contributed by atoms with Gasteiger partial charge in [-0.2, -0.15) is 0 Å². The van der Waals surface area contributed by atoms with E-state index < -0.39 is 0 Å². The number of carbonyl (C=O) groups excluding carboxylic acids is 1. The first-order valence-electron chi connectivity index (χ1n) is 9.12. The van der Waals surface area contributed by atoms with E-state index in [4.69, 9.17) is 14.2 Å². The number of rotatable bonds is 5. The molecule has 2 heterocycles. The van der Waals surface area contributed by atoms with E-state index in [-0.39, 0.29) is 5.91 Å². The topological polar surface area (TPSA) is 60.9 Å². The zero-order valence-electron chi connectivity index (χ0n) is 15.8. The fourth-order valence-corrected chi connectivity index (χ4v) is 3.35. The first kappa shape index (κ1) is 19.3. The number of ether oxygens (including phenoxy) is 3. The van der Waals surface area contributed by atoms with Gasteiger partial charge in [-0.3, -0.25) is 4.79 Å². The van der Waals surface area contributed by atoms with E-state index in [9.17, 15) is 4.79 Å². The first-order valence-corrected chi connectivity index (χ1v) is 9.91. The quantitative estimate of drug-likeness (QED) is 0.559. The van der Waals surface area contributed by atoms with Crippen LogP contribution in [0.15, 0.2) is 65.3 Å². The van der Waals surface area contributed by atoms with Crippen LogP contribution in [0.1, 0.15) is 15.9 Å². The van der Waals surface area contributed by atoms with Crippen molar-refractivity contribution in [3.8, 4) is 23.1 Å². The van der Waals surface area contributed by atoms with Gasteiger partial charge in [-0.15, -0.1) is 0 Å². The monoisotopic (exact) mass is 454 g/mol. The molecule has 0 saturated heterocycles. The van der Waals surface area contributed by atoms with Crippen LogP contribution in [0, 0.1) is 0 Å². The smallest absolute Gasteiger partial charge is 0.255 e. The van der Waals surface area contributed by atoms with Crippen molar-refractivity contribution in [3.05, 3.63) is 76.4 Å². The van der Waals surface area contributed by atoms with Gasteiger partial charge in [-0.05, 0) is 42.0 Å². The SMILES string of the molecule is CN(Cc1ccc2c(c1)OCCO2)C(=O)c1ccc(Oc2cccc(Br)c2)nc1. The molecular weight excluding hydrogens is 436 g/mol. The highest BCUT2D eigenvalue weighted by atomic mass is 79.9. The number of carbonyl (C=O) groups is 1. The van der Waals surface area contributed by atoms with Crippen molar-refractivity contribution < 1.29 is 19.0 Å². The molecule has 0 bridgehead atoms. The van der Waals surface area contributed by atoms with E-state index >= 15 is 0 Å². The van der Waals surface area contributed by atoms with Crippen LogP contribution in [0.4, 0.5) is 0 Å². The molecular formula is C22H19BrN2O4. The summed E-state index contributed by atoms with van der Waals surface area (Å²) in [5.74, 6) is 2.42. The molecule has 0 radical (unpaired) electrons. The summed E-state index contributed by atoms with van der Waals surface area (Å²) >= 11 is 3.40. The molecule has 1 aliphatic heterocycles. The third-order valence-electron chi connectivity index (χ3n) is 4.37. The van der Waals surface area contributed by atoms with E-state index in [1.165, 1.54) is 6.20 Å². The number of hydrogen-bond acceptors (Lipinski definition) is 5. The van der Waals surface area contributed by atoms with Gasteiger partial charge in [0, 0.05) is 30.3 Å². The zero-order chi connectivity index (χ0) is 20.2. The fourth-order valence-electron chi connectivity index (χ4n) is 2.97. The second-order valence-corrected chi connectivity index (χ2v) is 7.50. The summed E-state index contributed by atoms with van der Waals surface area (Å²) in [6.07, 6.45) is 1.52. The molecule has 2 aromatic carbocycles. The van der Waals surface area contributed by atoms with Gasteiger partial charge in [0.1, 0.15) is 19.0 Å². The normalized spacial score (nSPS) is 12.3. The van der Waals surface area contributed by atoms with Crippen LogP contribution in [0.25, 0.3) is 0 Å². The van der Waals surface area contributed by atoms with Crippen molar-refractivity contribution in [2.75, 3.05) is 20.3 Å². The molecule has 0 saturated carbocycles. The highest BCUT2D eigenvalue weighted by molar-refractivity contribution is 9.10. The molecule has 1 aromatic heterocycles. The Kier molecular flexibility index (Phi) is 5.67. The number of pyridine rings is 1. The van der Waals surface area contributed by atoms with Crippen molar-refractivity contribution in [3.63, 3.8) is 0 Å². The standard InChI is InChI=1S/C22H19BrN2O4/c1-25(14-15-5-7-19-20(11-15)28-10-9-27-19)22(26)16-6-8-21(24-13-16)29-18-4-2-3-17(23)12-18/h2-8,11-13H,9-10,14H2,1H3. The van der Waals surface area contributed by atoms with Crippen LogP contribution < -0.4 is 14.2 Å². The summed E-state index contributed by atoms with van der Waals surface area (Å²) in [6, 6.07) is 16.6. The van der Waals surface area contributed by atoms with Crippen molar-refractivity contribution in [2.24, 2.45) is 0 Å². The Labute approximate surface area is 177 Å². The number of amides is 1. The van der Waals surface area contributed by atoms with Crippen molar-refractivity contribution in [1.29, 1.82) is 0 Å². The van der Waals surface area contributed by atoms with Crippen molar-refractivity contribution in [1.82, 2.24) is 9.88 Å². The lowest BCUT2D eigenvalue weighted by Gasteiger charge is -2.21. The minimum atomic E-state index is -0.124. The van der Waals surface area contributed by atoms with Crippen LogP contribution >= 0.6 is 15.9 Å². The summed E-state index contributed by atoms with van der Waals surface area (Å²) in [7, 11) is 1.76. The number of hydrogen-bond donors (Lipinski definition) is 0. The molecule has 4 rings (SSSR count). The molecule has 0 fully saturated rings. The first-order chi connectivity index (χ1) is 14.1. The summed E-state index contributed by atoms with van der Waals surface area (Å²) in [5.41, 5.74) is 1.46. The highest BCUT2D eigenvalue weighted by Crippen LogP contribution is 2.31. The second-order valence-electron chi connectivity index (χ2n) is 6.58. The van der Waals surface area contributed by atoms with Crippen LogP contribution in [0.3, 0.4) is 0 Å². The predicted molar refractivity (Wildman–Crippen MR) is 112 cm³/mol. The molecule has 0 unspecified atom stereocenters. The number of benzene rings is 2. The number of aromatic nitrogens is 1. The molecule has 29 heavy (non-hydrogen) atoms. The molecule has 6 nitrogen and oxygen atoms in total. The van der Waals surface area contributed by atoms with Gasteiger partial charge >= 0.3 is 0 Å². The average Bonchev–Trinajstić information content (AvgIpc) is 2.74. The lowest BCUT2D eigenvalue weighted by Crippen LogP contribution is -2.26. The molecule has 1 amide bonds. The second kappa shape index (κ2) is 8.53. The molecule has 0 aliphatic carbocycles. The van der Waals surface area contributed by atoms with Gasteiger partial charge in [0.15, 0.2) is 11.5 Å². The Hall–Kier alpha value is -3.06. The Morgan fingerprint density at radius 2 is 1.93 bits per heavy atom. The Bertz CT molecular complexity index is 1020. The largest absolute Gasteiger partial charge is 0.486 e. The van der Waals surface area contributed by atoms with Gasteiger partial charge < -0.3 is 19.1 Å². The van der Waals surface area contributed by atoms with Gasteiger partial charge in [-0.1, -0.05) is 28.1 Å². The number of nitrogens with zero attached hydrogens (tertiary/aromatic N) is 2. The van der Waals surface area contributed by atoms with Gasteiger partial charge in [0.05, 0.1) is 5.56 Å². The van der Waals surface area contributed by atoms with Gasteiger partial charge in [0.2, 0.25) is 5.88 Å². The average molecular weight is 455 g/mol. The maximum absolute atomic E-state index is 12.7. The highest BCUT2D eigenvalue weighted by Gasteiger charge is 2.16. The third kappa shape index (κ3) is 4.68. The van der Waals surface area contributed by atoms with E-state index in [0.29, 0.717) is 42.7 Å². The Morgan fingerprint density at radius 1 is 1.10 bits per heavy atom. The van der Waals surface area contributed by atoms with Crippen LogP contribution in [0.2, 0.25) is 0 Å². The van der Waals surface area contributed by atoms with Crippen LogP contribution in [0.5, 0.6) is 23.1 Å². The minimum Gasteiger partial charge on any atom is -0.486 e. The van der Waals surface area contributed by atoms with Crippen LogP contribution in [-0.4, -0.2) is 36.1 Å². The summed E-state index contributed by atoms with van der Waals surface area (Å²) in [4.78, 5) is 18.6. The van der Waals surface area contributed by atoms with Crippen molar-refractivity contribution >= 4 is 21.8 Å². The number of halogens is 1. The van der Waals surface area contributed by atoms with Crippen molar-refractivity contribution in [2.45, 2.75) is 6.54 Å². The van der Waals surface area contributed by atoms with Gasteiger partial charge in [-0.25, -0.2) is 4.98 Å². The molecule has 0 atom stereocenters. The van der Waals surface area contributed by atoms with Gasteiger partial charge in [0.25, 0.3) is 5.91 Å². The van der Waals surface area contributed by atoms with E-state index in [2.05, 4.69) is 20.9 Å². The maximum Gasteiger partial charge on any atom is 0.255 e. The predicted octanol–water partition coefficient (Wildman–Crippen LogP) is 4.68. The summed E-state index contributed by atoms with van der Waals surface area (Å²) in [6.45, 7) is 1.54. The van der Waals surface area contributed by atoms with E-state index in [1.54, 1.807) is 24.1 Å². The zero-order valence-corrected chi connectivity index (χ0v) is 17.4. The lowest BCUT2D eigenvalue weighted by atomic mass is 10.1. The fraction of sp³-hybridized carbons (Fsp3) is 0.182. The van der Waals surface area contributed by atoms with E-state index in [1.807, 2.05) is 42.5 Å². The molecule has 0 spiro atoms. The van der Waals surface area contributed by atoms with Crippen LogP contribution in [-0.2, 0) is 6.54 Å². The lowest BCUT2D eigenvalue weighted by molar-refractivity contribution is 0.0784. The molecule has 7 heteroatoms. The number of fused-ring (bicyclic) bond motifs is 1. The molecule has 0 N–H and O–H groups in total. The molecule has 1 aliphatic rings. The summed E-state index contributed by atoms with van der Waals surface area (Å²) < 4.78 is 17.8. The maximum atomic E-state index is 12.7. The minimum absolute atomic E-state index is 0.124. The van der Waals surface area contributed by atoms with E-state index in [0.717, 1.165) is 15.8 Å². The summed E-state index contributed by atoms with van der Waals surface area (Å²) in [5, 5.41) is 0. The third-order valence-corrected chi connectivity index (χ3v) is 4.87. The Morgan fingerprint density at radius 3 is 2.69 bits per heavy atom. The molecule has 3 aromatic rings. The Balaban J connectivity index is 1.41. The molecule has 148 valence electrons.